The van der Waals surface area contributed by atoms with Gasteiger partial charge in [0.1, 0.15) is 24.4 Å². The molecular weight excluding hydrogens is 590 g/mol. The summed E-state index contributed by atoms with van der Waals surface area (Å²) in [6, 6.07) is 1.51. The number of anilines is 1. The van der Waals surface area contributed by atoms with Gasteiger partial charge in [-0.3, -0.25) is 4.57 Å². The van der Waals surface area contributed by atoms with Crippen LogP contribution in [0.2, 0.25) is 5.02 Å². The van der Waals surface area contributed by atoms with E-state index in [0.29, 0.717) is 52.1 Å². The fourth-order valence-corrected chi connectivity index (χ4v) is 5.08. The van der Waals surface area contributed by atoms with Crippen molar-refractivity contribution in [3.05, 3.63) is 43.8 Å². The molecule has 1 aromatic carbocycles. The van der Waals surface area contributed by atoms with Gasteiger partial charge in [0.15, 0.2) is 5.75 Å². The lowest BCUT2D eigenvalue weighted by Crippen LogP contribution is -2.55. The Morgan fingerprint density at radius 1 is 1.33 bits per heavy atom. The van der Waals surface area contributed by atoms with E-state index in [0.717, 1.165) is 0 Å². The van der Waals surface area contributed by atoms with Crippen LogP contribution in [0.5, 0.6) is 5.75 Å². The lowest BCUT2D eigenvalue weighted by Gasteiger charge is -2.34. The number of carbonyl (C=O) groups excluding carboxylic acids is 1. The van der Waals surface area contributed by atoms with Crippen LogP contribution < -0.4 is 21.5 Å². The number of halogens is 2. The summed E-state index contributed by atoms with van der Waals surface area (Å²) in [6.07, 6.45) is 1.10. The zero-order chi connectivity index (χ0) is 28.6. The second-order valence-electron chi connectivity index (χ2n) is 10.7. The molecule has 3 heterocycles. The highest BCUT2D eigenvalue weighted by Crippen LogP contribution is 2.42. The average Bonchev–Trinajstić information content (AvgIpc) is 2.84. The summed E-state index contributed by atoms with van der Waals surface area (Å²) in [4.78, 5) is 40.4. The van der Waals surface area contributed by atoms with Crippen molar-refractivity contribution in [1.82, 2.24) is 29.7 Å². The third kappa shape index (κ3) is 6.12. The summed E-state index contributed by atoms with van der Waals surface area (Å²) in [5.74, 6) is 0.276. The number of benzene rings is 1. The molecule has 1 atom stereocenters. The number of ether oxygens (including phenoxy) is 2. The zero-order valence-electron chi connectivity index (χ0n) is 22.8. The molecule has 3 aromatic rings. The SMILES string of the molecule is Cc1ncnc(C(C)C)c1-n1c(=O)nc(N)c2c(OC[C@@H]3CN(C(=O)OC(C)(C)C)CCN3)c(Cl)c(Br)cc21. The third-order valence-electron chi connectivity index (χ3n) is 6.20. The van der Waals surface area contributed by atoms with Crippen molar-refractivity contribution in [2.24, 2.45) is 0 Å². The number of fused-ring (bicyclic) bond motifs is 1. The van der Waals surface area contributed by atoms with Gasteiger partial charge >= 0.3 is 11.8 Å². The Morgan fingerprint density at radius 3 is 2.72 bits per heavy atom. The van der Waals surface area contributed by atoms with Crippen LogP contribution in [0.25, 0.3) is 16.6 Å². The van der Waals surface area contributed by atoms with E-state index in [9.17, 15) is 9.59 Å². The van der Waals surface area contributed by atoms with Gasteiger partial charge in [-0.15, -0.1) is 0 Å². The molecule has 0 bridgehead atoms. The maximum atomic E-state index is 13.3. The summed E-state index contributed by atoms with van der Waals surface area (Å²) >= 11 is 10.2. The Labute approximate surface area is 240 Å². The number of rotatable bonds is 5. The minimum atomic E-state index is -0.589. The molecule has 0 saturated carbocycles. The minimum Gasteiger partial charge on any atom is -0.489 e. The number of nitrogens with two attached hydrogens (primary N) is 1. The van der Waals surface area contributed by atoms with Crippen molar-refractivity contribution in [2.45, 2.75) is 59.1 Å². The van der Waals surface area contributed by atoms with Gasteiger partial charge < -0.3 is 25.4 Å². The molecule has 13 heteroatoms. The largest absolute Gasteiger partial charge is 0.489 e. The van der Waals surface area contributed by atoms with Gasteiger partial charge in [-0.05, 0) is 55.6 Å². The number of carbonyl (C=O) groups is 1. The summed E-state index contributed by atoms with van der Waals surface area (Å²) in [5.41, 5.74) is 7.44. The van der Waals surface area contributed by atoms with Crippen molar-refractivity contribution < 1.29 is 14.3 Å². The Kier molecular flexibility index (Phi) is 8.38. The van der Waals surface area contributed by atoms with E-state index in [1.54, 1.807) is 11.0 Å². The maximum absolute atomic E-state index is 13.3. The van der Waals surface area contributed by atoms with Crippen molar-refractivity contribution in [3.8, 4) is 11.4 Å². The quantitative estimate of drug-likeness (QED) is 0.429. The summed E-state index contributed by atoms with van der Waals surface area (Å²) < 4.78 is 13.7. The average molecular weight is 623 g/mol. The number of hydrogen-bond acceptors (Lipinski definition) is 9. The van der Waals surface area contributed by atoms with E-state index >= 15 is 0 Å². The maximum Gasteiger partial charge on any atom is 0.410 e. The monoisotopic (exact) mass is 621 g/mol. The standard InChI is InChI=1S/C26H33BrClN7O4/c1-13(2)20-21(14(3)31-12-32-20)35-17-9-16(27)19(28)22(18(17)23(29)33-24(35)36)38-11-15-10-34(8-7-30-15)25(37)39-26(4,5)6/h9,12-13,15,30H,7-8,10-11H2,1-6H3,(H2,29,33,36)/t15-/m0/s1. The fourth-order valence-electron chi connectivity index (χ4n) is 4.48. The molecule has 1 fully saturated rings. The Hall–Kier alpha value is -2.96. The second-order valence-corrected chi connectivity index (χ2v) is 12.0. The number of piperazine rings is 1. The van der Waals surface area contributed by atoms with Crippen LogP contribution >= 0.6 is 27.5 Å². The van der Waals surface area contributed by atoms with Gasteiger partial charge in [0.25, 0.3) is 0 Å². The highest BCUT2D eigenvalue weighted by atomic mass is 79.9. The van der Waals surface area contributed by atoms with E-state index in [-0.39, 0.29) is 41.2 Å². The number of nitrogen functional groups attached to an aromatic ring is 1. The number of aromatic nitrogens is 4. The zero-order valence-corrected chi connectivity index (χ0v) is 25.2. The van der Waals surface area contributed by atoms with Gasteiger partial charge in [-0.25, -0.2) is 19.6 Å². The molecule has 210 valence electrons. The first-order chi connectivity index (χ1) is 18.3. The van der Waals surface area contributed by atoms with Gasteiger partial charge in [0.05, 0.1) is 39.0 Å². The van der Waals surface area contributed by atoms with Gasteiger partial charge in [0, 0.05) is 24.1 Å². The molecule has 0 aliphatic carbocycles. The molecular formula is C26H33BrClN7O4. The molecule has 0 unspecified atom stereocenters. The lowest BCUT2D eigenvalue weighted by atomic mass is 10.1. The van der Waals surface area contributed by atoms with Crippen LogP contribution in [0.1, 0.15) is 51.9 Å². The lowest BCUT2D eigenvalue weighted by molar-refractivity contribution is 0.0178. The van der Waals surface area contributed by atoms with Crippen LogP contribution in [-0.4, -0.2) is 68.4 Å². The number of hydrogen-bond donors (Lipinski definition) is 2. The number of nitrogens with zero attached hydrogens (tertiary/aromatic N) is 5. The molecule has 0 radical (unpaired) electrons. The van der Waals surface area contributed by atoms with Crippen LogP contribution in [0.4, 0.5) is 10.6 Å². The Morgan fingerprint density at radius 2 is 2.05 bits per heavy atom. The van der Waals surface area contributed by atoms with E-state index in [2.05, 4.69) is 36.2 Å². The van der Waals surface area contributed by atoms with Gasteiger partial charge in [-0.1, -0.05) is 25.4 Å². The van der Waals surface area contributed by atoms with Crippen molar-refractivity contribution in [3.63, 3.8) is 0 Å². The predicted molar refractivity (Wildman–Crippen MR) is 154 cm³/mol. The van der Waals surface area contributed by atoms with Crippen molar-refractivity contribution in [1.29, 1.82) is 0 Å². The molecule has 2 aromatic heterocycles. The molecule has 3 N–H and O–H groups in total. The summed E-state index contributed by atoms with van der Waals surface area (Å²) in [7, 11) is 0. The minimum absolute atomic E-state index is 0.0109. The Balaban J connectivity index is 1.75. The summed E-state index contributed by atoms with van der Waals surface area (Å²) in [6.45, 7) is 12.9. The first-order valence-corrected chi connectivity index (χ1v) is 13.8. The predicted octanol–water partition coefficient (Wildman–Crippen LogP) is 4.19. The molecule has 1 aliphatic heterocycles. The molecule has 11 nitrogen and oxygen atoms in total. The van der Waals surface area contributed by atoms with Crippen LogP contribution in [0, 0.1) is 6.92 Å². The fraction of sp³-hybridized carbons (Fsp3) is 0.500. The molecule has 1 aliphatic rings. The first-order valence-electron chi connectivity index (χ1n) is 12.6. The van der Waals surface area contributed by atoms with Crippen LogP contribution in [-0.2, 0) is 4.74 Å². The molecule has 0 spiro atoms. The molecule has 1 saturated heterocycles. The molecule has 4 rings (SSSR count). The van der Waals surface area contributed by atoms with E-state index < -0.39 is 11.3 Å². The Bertz CT molecular complexity index is 1470. The second kappa shape index (κ2) is 11.3. The van der Waals surface area contributed by atoms with Gasteiger partial charge in [0.2, 0.25) is 0 Å². The van der Waals surface area contributed by atoms with E-state index in [1.807, 2.05) is 41.5 Å². The highest BCUT2D eigenvalue weighted by molar-refractivity contribution is 9.10. The van der Waals surface area contributed by atoms with Gasteiger partial charge in [-0.2, -0.15) is 4.98 Å². The first kappa shape index (κ1) is 29.0. The van der Waals surface area contributed by atoms with E-state index in [1.165, 1.54) is 10.9 Å². The van der Waals surface area contributed by atoms with Crippen LogP contribution in [0.15, 0.2) is 21.7 Å². The summed E-state index contributed by atoms with van der Waals surface area (Å²) in [5, 5.41) is 4.03. The topological polar surface area (TPSA) is 137 Å². The number of aryl methyl sites for hydroxylation is 1. The van der Waals surface area contributed by atoms with Crippen molar-refractivity contribution >= 4 is 50.3 Å². The normalized spacial score (nSPS) is 16.1. The molecule has 39 heavy (non-hydrogen) atoms. The van der Waals surface area contributed by atoms with Crippen LogP contribution in [0.3, 0.4) is 0 Å². The van der Waals surface area contributed by atoms with E-state index in [4.69, 9.17) is 26.8 Å². The highest BCUT2D eigenvalue weighted by Gasteiger charge is 2.29. The van der Waals surface area contributed by atoms with Crippen molar-refractivity contribution in [2.75, 3.05) is 32.0 Å². The smallest absolute Gasteiger partial charge is 0.410 e. The molecule has 1 amide bonds. The number of amides is 1. The number of nitrogens with one attached hydrogen (secondary N) is 1. The third-order valence-corrected chi connectivity index (χ3v) is 7.43.